The van der Waals surface area contributed by atoms with Gasteiger partial charge in [0.1, 0.15) is 0 Å². The van der Waals surface area contributed by atoms with Crippen LogP contribution in [0.15, 0.2) is 36.4 Å². The van der Waals surface area contributed by atoms with Crippen LogP contribution < -0.4 is 4.90 Å². The number of carbonyl (C=O) groups is 2. The Morgan fingerprint density at radius 1 is 1.11 bits per heavy atom. The number of rotatable bonds is 4. The summed E-state index contributed by atoms with van der Waals surface area (Å²) in [7, 11) is 0. The Morgan fingerprint density at radius 2 is 1.89 bits per heavy atom. The summed E-state index contributed by atoms with van der Waals surface area (Å²) in [5.41, 5.74) is 4.03. The Hall–Kier alpha value is -2.59. The van der Waals surface area contributed by atoms with Crippen molar-refractivity contribution in [2.24, 2.45) is 0 Å². The van der Waals surface area contributed by atoms with E-state index in [1.54, 1.807) is 17.0 Å². The molecule has 0 saturated heterocycles. The molecule has 1 aliphatic rings. The van der Waals surface area contributed by atoms with Crippen molar-refractivity contribution in [1.82, 2.24) is 0 Å². The maximum absolute atomic E-state index is 12.3. The zero-order valence-corrected chi connectivity index (χ0v) is 16.3. The van der Waals surface area contributed by atoms with Crippen LogP contribution in [0.3, 0.4) is 0 Å². The number of anilines is 1. The van der Waals surface area contributed by atoms with E-state index in [9.17, 15) is 9.59 Å². The summed E-state index contributed by atoms with van der Waals surface area (Å²) in [4.78, 5) is 26.3. The van der Waals surface area contributed by atoms with Crippen LogP contribution in [0.1, 0.15) is 53.7 Å². The fourth-order valence-corrected chi connectivity index (χ4v) is 3.23. The highest BCUT2D eigenvalue weighted by atomic mass is 35.5. The first kappa shape index (κ1) is 19.2. The van der Waals surface area contributed by atoms with Crippen molar-refractivity contribution in [3.05, 3.63) is 63.7 Å². The predicted molar refractivity (Wildman–Crippen MR) is 109 cm³/mol. The monoisotopic (exact) mass is 383 g/mol. The Kier molecular flexibility index (Phi) is 5.97. The second-order valence-corrected chi connectivity index (χ2v) is 6.98. The zero-order valence-electron chi connectivity index (χ0n) is 15.5. The van der Waals surface area contributed by atoms with Gasteiger partial charge >= 0.3 is 5.97 Å². The van der Waals surface area contributed by atoms with Gasteiger partial charge in [-0.2, -0.15) is 0 Å². The van der Waals surface area contributed by atoms with Crippen LogP contribution in [0.2, 0.25) is 5.02 Å². The number of hydrogen-bond donors (Lipinski definition) is 0. The number of nitrogens with zero attached hydrogens (tertiary/aromatic N) is 1. The van der Waals surface area contributed by atoms with Crippen molar-refractivity contribution in [3.8, 4) is 0 Å². The smallest absolute Gasteiger partial charge is 0.338 e. The zero-order chi connectivity index (χ0) is 19.4. The number of carbonyl (C=O) groups excluding carboxylic acids is 2. The molecule has 0 spiro atoms. The molecule has 140 valence electrons. The van der Waals surface area contributed by atoms with Crippen molar-refractivity contribution in [2.75, 3.05) is 11.5 Å². The maximum atomic E-state index is 12.3. The van der Waals surface area contributed by atoms with Crippen molar-refractivity contribution < 1.29 is 14.3 Å². The summed E-state index contributed by atoms with van der Waals surface area (Å²) >= 11 is 6.12. The lowest BCUT2D eigenvalue weighted by molar-refractivity contribution is -0.116. The average molecular weight is 384 g/mol. The first-order chi connectivity index (χ1) is 13.0. The number of esters is 1. The molecule has 1 amide bonds. The lowest BCUT2D eigenvalue weighted by Gasteiger charge is -2.26. The molecule has 5 heteroatoms. The van der Waals surface area contributed by atoms with Crippen molar-refractivity contribution in [2.45, 2.75) is 33.2 Å². The summed E-state index contributed by atoms with van der Waals surface area (Å²) in [5, 5.41) is 0.618. The fourth-order valence-electron chi connectivity index (χ4n) is 3.05. The van der Waals surface area contributed by atoms with Gasteiger partial charge in [0.15, 0.2) is 0 Å². The third-order valence-corrected chi connectivity index (χ3v) is 4.78. The van der Waals surface area contributed by atoms with Gasteiger partial charge in [-0.1, -0.05) is 43.2 Å². The average Bonchev–Trinajstić information content (AvgIpc) is 2.63. The Balaban J connectivity index is 1.98. The van der Waals surface area contributed by atoms with Crippen LogP contribution in [0.25, 0.3) is 12.2 Å². The molecule has 0 bridgehead atoms. The van der Waals surface area contributed by atoms with Crippen molar-refractivity contribution in [3.63, 3.8) is 0 Å². The summed E-state index contributed by atoms with van der Waals surface area (Å²) < 4.78 is 5.31. The lowest BCUT2D eigenvalue weighted by atomic mass is 9.99. The SMILES string of the molecule is CCCCOC(=O)c1ccc2c(c1)CN(C(C)=O)c1ccc(Cl)cc1C=C2. The Bertz CT molecular complexity index is 904. The van der Waals surface area contributed by atoms with Gasteiger partial charge in [0.2, 0.25) is 5.91 Å². The number of amides is 1. The minimum Gasteiger partial charge on any atom is -0.462 e. The van der Waals surface area contributed by atoms with Gasteiger partial charge in [-0.15, -0.1) is 0 Å². The topological polar surface area (TPSA) is 46.6 Å². The van der Waals surface area contributed by atoms with E-state index in [1.165, 1.54) is 6.92 Å². The molecule has 0 aliphatic carbocycles. The molecule has 0 saturated carbocycles. The summed E-state index contributed by atoms with van der Waals surface area (Å²) in [6, 6.07) is 10.9. The largest absolute Gasteiger partial charge is 0.462 e. The highest BCUT2D eigenvalue weighted by Gasteiger charge is 2.20. The first-order valence-electron chi connectivity index (χ1n) is 9.05. The molecule has 4 nitrogen and oxygen atoms in total. The van der Waals surface area contributed by atoms with Gasteiger partial charge in [0, 0.05) is 11.9 Å². The molecule has 27 heavy (non-hydrogen) atoms. The van der Waals surface area contributed by atoms with Crippen molar-refractivity contribution >= 4 is 41.3 Å². The molecule has 2 aromatic rings. The summed E-state index contributed by atoms with van der Waals surface area (Å²) in [6.45, 7) is 4.37. The Morgan fingerprint density at radius 3 is 2.63 bits per heavy atom. The normalized spacial score (nSPS) is 12.6. The molecule has 0 fully saturated rings. The first-order valence-corrected chi connectivity index (χ1v) is 9.43. The van der Waals surface area contributed by atoms with Gasteiger partial charge in [0.25, 0.3) is 0 Å². The second-order valence-electron chi connectivity index (χ2n) is 6.54. The molecule has 0 unspecified atom stereocenters. The number of benzene rings is 2. The van der Waals surface area contributed by atoms with Gasteiger partial charge in [-0.3, -0.25) is 4.79 Å². The number of halogens is 1. The third kappa shape index (κ3) is 4.40. The van der Waals surface area contributed by atoms with E-state index in [0.717, 1.165) is 35.2 Å². The minimum absolute atomic E-state index is 0.0734. The van der Waals surface area contributed by atoms with E-state index >= 15 is 0 Å². The van der Waals surface area contributed by atoms with Gasteiger partial charge in [-0.25, -0.2) is 4.79 Å². The van der Waals surface area contributed by atoms with Gasteiger partial charge < -0.3 is 9.64 Å². The molecule has 0 aromatic heterocycles. The molecule has 3 rings (SSSR count). The van der Waals surface area contributed by atoms with Crippen LogP contribution in [-0.4, -0.2) is 18.5 Å². The van der Waals surface area contributed by atoms with E-state index in [2.05, 4.69) is 0 Å². The lowest BCUT2D eigenvalue weighted by Crippen LogP contribution is -2.29. The summed E-state index contributed by atoms with van der Waals surface area (Å²) in [6.07, 6.45) is 5.73. The van der Waals surface area contributed by atoms with Crippen LogP contribution in [0.5, 0.6) is 0 Å². The molecule has 0 radical (unpaired) electrons. The molecule has 1 heterocycles. The fraction of sp³-hybridized carbons (Fsp3) is 0.273. The van der Waals surface area contributed by atoms with Crippen LogP contribution in [0.4, 0.5) is 5.69 Å². The van der Waals surface area contributed by atoms with E-state index in [1.807, 2.05) is 43.3 Å². The van der Waals surface area contributed by atoms with E-state index in [0.29, 0.717) is 23.7 Å². The molecule has 2 aromatic carbocycles. The minimum atomic E-state index is -0.334. The quantitative estimate of drug-likeness (QED) is 0.529. The number of ether oxygens (including phenoxy) is 1. The maximum Gasteiger partial charge on any atom is 0.338 e. The molecule has 0 N–H and O–H groups in total. The Labute approximate surface area is 164 Å². The van der Waals surface area contributed by atoms with E-state index in [4.69, 9.17) is 16.3 Å². The molecule has 0 atom stereocenters. The van der Waals surface area contributed by atoms with Crippen LogP contribution >= 0.6 is 11.6 Å². The van der Waals surface area contributed by atoms with Crippen molar-refractivity contribution in [1.29, 1.82) is 0 Å². The molecular weight excluding hydrogens is 362 g/mol. The van der Waals surface area contributed by atoms with E-state index < -0.39 is 0 Å². The number of hydrogen-bond acceptors (Lipinski definition) is 3. The van der Waals surface area contributed by atoms with Gasteiger partial charge in [-0.05, 0) is 53.4 Å². The standard InChI is InChI=1S/C22H22ClNO3/c1-3-4-11-27-22(26)18-8-6-16-5-7-17-13-20(23)9-10-21(17)24(15(2)25)14-19(16)12-18/h5-10,12-13H,3-4,11,14H2,1-2H3. The summed E-state index contributed by atoms with van der Waals surface area (Å²) in [5.74, 6) is -0.408. The van der Waals surface area contributed by atoms with Crippen LogP contribution in [0, 0.1) is 0 Å². The van der Waals surface area contributed by atoms with Crippen LogP contribution in [-0.2, 0) is 16.1 Å². The van der Waals surface area contributed by atoms with Gasteiger partial charge in [0.05, 0.1) is 24.4 Å². The highest BCUT2D eigenvalue weighted by Crippen LogP contribution is 2.31. The molecular formula is C22H22ClNO3. The number of unbranched alkanes of at least 4 members (excludes halogenated alkanes) is 1. The van der Waals surface area contributed by atoms with E-state index in [-0.39, 0.29) is 11.9 Å². The molecule has 1 aliphatic heterocycles. The second kappa shape index (κ2) is 8.40. The highest BCUT2D eigenvalue weighted by molar-refractivity contribution is 6.30. The third-order valence-electron chi connectivity index (χ3n) is 4.54. The predicted octanol–water partition coefficient (Wildman–Crippen LogP) is 5.33. The number of fused-ring (bicyclic) bond motifs is 2.